The first-order valence-electron chi connectivity index (χ1n) is 12.6. The first-order valence-corrected chi connectivity index (χ1v) is 12.6. The maximum Gasteiger partial charge on any atom is 0.338 e. The topological polar surface area (TPSA) is 60.3 Å². The molecule has 0 aliphatic heterocycles. The number of carbonyl (C=O) groups is 2. The zero-order valence-corrected chi connectivity index (χ0v) is 22.0. The van der Waals surface area contributed by atoms with Gasteiger partial charge in [0.25, 0.3) is 5.91 Å². The molecule has 0 saturated heterocycles. The van der Waals surface area contributed by atoms with Gasteiger partial charge in [-0.05, 0) is 61.6 Å². The number of fused-ring (bicyclic) bond motifs is 1. The molecule has 1 heterocycles. The minimum Gasteiger partial charge on any atom is -0.459 e. The number of nitrogens with zero attached hydrogens (tertiary/aromatic N) is 1. The summed E-state index contributed by atoms with van der Waals surface area (Å²) in [7, 11) is 0. The molecule has 0 bridgehead atoms. The molecule has 3 aromatic carbocycles. The molecular weight excluding hydrogens is 467 g/mol. The number of aryl methyl sites for hydroxylation is 1. The highest BCUT2D eigenvalue weighted by atomic mass is 19.1. The van der Waals surface area contributed by atoms with Gasteiger partial charge in [0.15, 0.2) is 0 Å². The van der Waals surface area contributed by atoms with Crippen LogP contribution in [0.5, 0.6) is 0 Å². The molecule has 0 atom stereocenters. The van der Waals surface area contributed by atoms with Gasteiger partial charge in [-0.15, -0.1) is 0 Å². The van der Waals surface area contributed by atoms with E-state index in [2.05, 4.69) is 23.7 Å². The summed E-state index contributed by atoms with van der Waals surface area (Å²) in [4.78, 5) is 26.3. The van der Waals surface area contributed by atoms with Gasteiger partial charge in [-0.1, -0.05) is 62.4 Å². The largest absolute Gasteiger partial charge is 0.459 e. The molecule has 1 aromatic heterocycles. The molecule has 0 fully saturated rings. The average Bonchev–Trinajstić information content (AvgIpc) is 3.18. The Kier molecular flexibility index (Phi) is 7.77. The van der Waals surface area contributed by atoms with Crippen molar-refractivity contribution in [3.63, 3.8) is 0 Å². The number of ether oxygens (including phenoxy) is 1. The number of halogens is 1. The van der Waals surface area contributed by atoms with Gasteiger partial charge in [-0.3, -0.25) is 4.79 Å². The van der Waals surface area contributed by atoms with Crippen molar-refractivity contribution in [2.45, 2.75) is 59.7 Å². The predicted molar refractivity (Wildman–Crippen MR) is 144 cm³/mol. The Morgan fingerprint density at radius 1 is 0.946 bits per heavy atom. The fraction of sp³-hybridized carbons (Fsp3) is 0.290. The molecule has 1 N–H and O–H groups in total. The van der Waals surface area contributed by atoms with Crippen LogP contribution in [0, 0.1) is 12.7 Å². The van der Waals surface area contributed by atoms with Crippen LogP contribution >= 0.6 is 0 Å². The van der Waals surface area contributed by atoms with Gasteiger partial charge in [0.2, 0.25) is 0 Å². The van der Waals surface area contributed by atoms with E-state index in [0.717, 1.165) is 22.2 Å². The first-order chi connectivity index (χ1) is 17.7. The van der Waals surface area contributed by atoms with Crippen LogP contribution in [0.25, 0.3) is 10.9 Å². The fourth-order valence-electron chi connectivity index (χ4n) is 4.57. The highest BCUT2D eigenvalue weighted by molar-refractivity contribution is 6.10. The molecule has 1 amide bonds. The van der Waals surface area contributed by atoms with Gasteiger partial charge in [0.1, 0.15) is 5.82 Å². The molecule has 0 saturated carbocycles. The third-order valence-corrected chi connectivity index (χ3v) is 6.33. The van der Waals surface area contributed by atoms with Crippen molar-refractivity contribution in [3.05, 3.63) is 106 Å². The molecule has 5 nitrogen and oxygen atoms in total. The van der Waals surface area contributed by atoms with Crippen LogP contribution in [0.15, 0.2) is 66.7 Å². The zero-order chi connectivity index (χ0) is 26.7. The number of carbonyl (C=O) groups excluding carboxylic acids is 2. The van der Waals surface area contributed by atoms with Crippen LogP contribution < -0.4 is 5.32 Å². The van der Waals surface area contributed by atoms with Crippen LogP contribution in [0.1, 0.15) is 76.7 Å². The third kappa shape index (κ3) is 5.74. The van der Waals surface area contributed by atoms with Crippen LogP contribution in [0.3, 0.4) is 0 Å². The van der Waals surface area contributed by atoms with Crippen LogP contribution in [0.4, 0.5) is 4.39 Å². The van der Waals surface area contributed by atoms with Crippen molar-refractivity contribution in [1.29, 1.82) is 0 Å². The van der Waals surface area contributed by atoms with Gasteiger partial charge in [0.05, 0.1) is 22.7 Å². The van der Waals surface area contributed by atoms with Crippen molar-refractivity contribution in [2.24, 2.45) is 0 Å². The van der Waals surface area contributed by atoms with Crippen molar-refractivity contribution in [1.82, 2.24) is 9.88 Å². The standard InChI is InChI=1S/C31H33FN2O3/c1-19(2)29-28(30(35)33-17-23-12-11-21(5)26(32)15-23)25-14-13-24(31(36)37-20(3)4)16-27(25)34(29)18-22-9-7-6-8-10-22/h6-16,19-20H,17-18H2,1-5H3,(H,33,35). The van der Waals surface area contributed by atoms with E-state index in [1.165, 1.54) is 6.07 Å². The number of hydrogen-bond donors (Lipinski definition) is 1. The Morgan fingerprint density at radius 2 is 1.68 bits per heavy atom. The molecule has 0 aliphatic rings. The summed E-state index contributed by atoms with van der Waals surface area (Å²) in [5, 5.41) is 3.74. The number of nitrogens with one attached hydrogen (secondary N) is 1. The van der Waals surface area contributed by atoms with Crippen molar-refractivity contribution in [2.75, 3.05) is 0 Å². The van der Waals surface area contributed by atoms with Gasteiger partial charge >= 0.3 is 5.97 Å². The molecule has 0 aliphatic carbocycles. The highest BCUT2D eigenvalue weighted by Crippen LogP contribution is 2.33. The maximum absolute atomic E-state index is 14.0. The molecule has 6 heteroatoms. The Labute approximate surface area is 217 Å². The van der Waals surface area contributed by atoms with E-state index in [1.54, 1.807) is 25.1 Å². The average molecular weight is 501 g/mol. The second kappa shape index (κ2) is 11.0. The minimum absolute atomic E-state index is 0.0275. The number of rotatable bonds is 8. The van der Waals surface area contributed by atoms with Crippen molar-refractivity contribution in [3.8, 4) is 0 Å². The van der Waals surface area contributed by atoms with E-state index >= 15 is 0 Å². The first kappa shape index (κ1) is 26.1. The van der Waals surface area contributed by atoms with Crippen LogP contribution in [-0.4, -0.2) is 22.5 Å². The summed E-state index contributed by atoms with van der Waals surface area (Å²) in [5.74, 6) is -0.906. The number of benzene rings is 3. The van der Waals surface area contributed by atoms with Gasteiger partial charge in [-0.25, -0.2) is 9.18 Å². The van der Waals surface area contributed by atoms with Crippen molar-refractivity contribution < 1.29 is 18.7 Å². The van der Waals surface area contributed by atoms with Gasteiger partial charge in [-0.2, -0.15) is 0 Å². The summed E-state index contributed by atoms with van der Waals surface area (Å²) in [6, 6.07) is 20.3. The lowest BCUT2D eigenvalue weighted by molar-refractivity contribution is 0.0378. The Balaban J connectivity index is 1.80. The van der Waals surface area contributed by atoms with E-state index < -0.39 is 5.97 Å². The van der Waals surface area contributed by atoms with Crippen molar-refractivity contribution >= 4 is 22.8 Å². The number of hydrogen-bond acceptors (Lipinski definition) is 3. The number of amides is 1. The highest BCUT2D eigenvalue weighted by Gasteiger charge is 2.26. The molecule has 0 radical (unpaired) electrons. The Bertz CT molecular complexity index is 1440. The van der Waals surface area contributed by atoms with Crippen LogP contribution in [-0.2, 0) is 17.8 Å². The number of aromatic nitrogens is 1. The molecule has 0 unspecified atom stereocenters. The minimum atomic E-state index is -0.400. The monoisotopic (exact) mass is 500 g/mol. The third-order valence-electron chi connectivity index (χ3n) is 6.33. The maximum atomic E-state index is 14.0. The second-order valence-electron chi connectivity index (χ2n) is 9.94. The summed E-state index contributed by atoms with van der Waals surface area (Å²) >= 11 is 0. The van der Waals surface area contributed by atoms with E-state index in [4.69, 9.17) is 4.74 Å². The molecule has 4 rings (SSSR count). The molecule has 37 heavy (non-hydrogen) atoms. The summed E-state index contributed by atoms with van der Waals surface area (Å²) in [5.41, 5.74) is 5.00. The zero-order valence-electron chi connectivity index (χ0n) is 22.0. The second-order valence-corrected chi connectivity index (χ2v) is 9.94. The van der Waals surface area contributed by atoms with E-state index in [1.807, 2.05) is 56.3 Å². The lowest BCUT2D eigenvalue weighted by Crippen LogP contribution is -2.24. The molecular formula is C31H33FN2O3. The van der Waals surface area contributed by atoms with Gasteiger partial charge in [0, 0.05) is 24.2 Å². The summed E-state index contributed by atoms with van der Waals surface area (Å²) in [6.45, 7) is 10.2. The van der Waals surface area contributed by atoms with E-state index in [-0.39, 0.29) is 30.3 Å². The summed E-state index contributed by atoms with van der Waals surface area (Å²) in [6.07, 6.45) is -0.238. The fourth-order valence-corrected chi connectivity index (χ4v) is 4.57. The van der Waals surface area contributed by atoms with E-state index in [0.29, 0.717) is 28.8 Å². The Morgan fingerprint density at radius 3 is 2.32 bits per heavy atom. The Hall–Kier alpha value is -3.93. The molecule has 192 valence electrons. The van der Waals surface area contributed by atoms with Gasteiger partial charge < -0.3 is 14.6 Å². The smallest absolute Gasteiger partial charge is 0.338 e. The normalized spacial score (nSPS) is 11.4. The predicted octanol–water partition coefficient (Wildman–Crippen LogP) is 6.76. The number of esters is 1. The quantitative estimate of drug-likeness (QED) is 0.272. The molecule has 4 aromatic rings. The lowest BCUT2D eigenvalue weighted by Gasteiger charge is -2.16. The SMILES string of the molecule is Cc1ccc(CNC(=O)c2c(C(C)C)n(Cc3ccccc3)c3cc(C(=O)OC(C)C)ccc23)cc1F. The van der Waals surface area contributed by atoms with Crippen LogP contribution in [0.2, 0.25) is 0 Å². The lowest BCUT2D eigenvalue weighted by atomic mass is 10.0. The summed E-state index contributed by atoms with van der Waals surface area (Å²) < 4.78 is 21.6. The molecule has 0 spiro atoms. The van der Waals surface area contributed by atoms with E-state index in [9.17, 15) is 14.0 Å².